The smallest absolute Gasteiger partial charge is 0.191 e. The zero-order chi connectivity index (χ0) is 20.6. The first kappa shape index (κ1) is 22.0. The third kappa shape index (κ3) is 6.14. The van der Waals surface area contributed by atoms with Crippen molar-refractivity contribution < 1.29 is 9.47 Å². The Morgan fingerprint density at radius 2 is 2.14 bits per heavy atom. The topological polar surface area (TPSA) is 61.4 Å². The number of anilines is 1. The molecule has 0 saturated carbocycles. The van der Waals surface area contributed by atoms with Gasteiger partial charge >= 0.3 is 0 Å². The minimum Gasteiger partial charge on any atom is -0.495 e. The molecule has 0 aromatic heterocycles. The molecule has 2 saturated heterocycles. The first-order chi connectivity index (χ1) is 14.1. The molecule has 2 aliphatic rings. The van der Waals surface area contributed by atoms with E-state index in [1.807, 2.05) is 18.2 Å². The SMILES string of the molecule is CCNC(=NCC(C)N1CCOCC1)NC1CCN(c2cc(Cl)ccc2OC)C1. The fourth-order valence-corrected chi connectivity index (χ4v) is 4.04. The summed E-state index contributed by atoms with van der Waals surface area (Å²) in [6, 6.07) is 6.50. The van der Waals surface area contributed by atoms with Crippen molar-refractivity contribution >= 4 is 23.2 Å². The number of halogens is 1. The molecule has 2 N–H and O–H groups in total. The molecule has 1 aromatic carbocycles. The summed E-state index contributed by atoms with van der Waals surface area (Å²) in [4.78, 5) is 9.61. The minimum absolute atomic E-state index is 0.329. The molecule has 29 heavy (non-hydrogen) atoms. The average Bonchev–Trinajstić information content (AvgIpc) is 3.21. The van der Waals surface area contributed by atoms with Gasteiger partial charge in [0.2, 0.25) is 0 Å². The average molecular weight is 424 g/mol. The van der Waals surface area contributed by atoms with Crippen LogP contribution in [0.5, 0.6) is 5.75 Å². The van der Waals surface area contributed by atoms with Crippen LogP contribution in [0.15, 0.2) is 23.2 Å². The Morgan fingerprint density at radius 3 is 2.86 bits per heavy atom. The molecule has 2 atom stereocenters. The van der Waals surface area contributed by atoms with Gasteiger partial charge < -0.3 is 25.0 Å². The third-order valence-electron chi connectivity index (χ3n) is 5.54. The van der Waals surface area contributed by atoms with Gasteiger partial charge in [0.25, 0.3) is 0 Å². The molecule has 3 rings (SSSR count). The lowest BCUT2D eigenvalue weighted by Crippen LogP contribution is -2.46. The van der Waals surface area contributed by atoms with Gasteiger partial charge in [-0.2, -0.15) is 0 Å². The molecular formula is C21H34ClN5O2. The molecule has 8 heteroatoms. The van der Waals surface area contributed by atoms with E-state index in [9.17, 15) is 0 Å². The Bertz CT molecular complexity index is 681. The van der Waals surface area contributed by atoms with Crippen molar-refractivity contribution in [3.8, 4) is 5.75 Å². The highest BCUT2D eigenvalue weighted by Gasteiger charge is 2.26. The number of hydrogen-bond donors (Lipinski definition) is 2. The van der Waals surface area contributed by atoms with Gasteiger partial charge in [-0.05, 0) is 38.5 Å². The molecule has 0 spiro atoms. The molecule has 2 heterocycles. The fraction of sp³-hybridized carbons (Fsp3) is 0.667. The van der Waals surface area contributed by atoms with E-state index >= 15 is 0 Å². The summed E-state index contributed by atoms with van der Waals surface area (Å²) in [5.41, 5.74) is 1.05. The second-order valence-corrected chi connectivity index (χ2v) is 8.05. The number of ether oxygens (including phenoxy) is 2. The Hall–Kier alpha value is -1.70. The van der Waals surface area contributed by atoms with Crippen LogP contribution in [0.2, 0.25) is 5.02 Å². The van der Waals surface area contributed by atoms with Crippen molar-refractivity contribution in [3.05, 3.63) is 23.2 Å². The second-order valence-electron chi connectivity index (χ2n) is 7.61. The van der Waals surface area contributed by atoms with E-state index in [2.05, 4.69) is 34.3 Å². The van der Waals surface area contributed by atoms with E-state index in [4.69, 9.17) is 26.1 Å². The monoisotopic (exact) mass is 423 g/mol. The van der Waals surface area contributed by atoms with Gasteiger partial charge in [-0.15, -0.1) is 0 Å². The molecule has 2 fully saturated rings. The number of guanidine groups is 1. The number of benzene rings is 1. The van der Waals surface area contributed by atoms with E-state index in [0.29, 0.717) is 12.1 Å². The number of nitrogens with one attached hydrogen (secondary N) is 2. The minimum atomic E-state index is 0.329. The summed E-state index contributed by atoms with van der Waals surface area (Å²) in [7, 11) is 1.70. The van der Waals surface area contributed by atoms with Gasteiger partial charge in [-0.1, -0.05) is 11.6 Å². The molecule has 0 aliphatic carbocycles. The highest BCUT2D eigenvalue weighted by atomic mass is 35.5. The number of hydrogen-bond acceptors (Lipinski definition) is 5. The van der Waals surface area contributed by atoms with Crippen LogP contribution in [-0.4, -0.2) is 82.5 Å². The lowest BCUT2D eigenvalue weighted by molar-refractivity contribution is 0.0220. The molecular weight excluding hydrogens is 390 g/mol. The van der Waals surface area contributed by atoms with E-state index in [-0.39, 0.29) is 0 Å². The largest absolute Gasteiger partial charge is 0.495 e. The summed E-state index contributed by atoms with van der Waals surface area (Å²) >= 11 is 6.21. The maximum absolute atomic E-state index is 6.21. The molecule has 2 unspecified atom stereocenters. The van der Waals surface area contributed by atoms with Crippen molar-refractivity contribution in [2.45, 2.75) is 32.4 Å². The molecule has 0 amide bonds. The molecule has 162 valence electrons. The Labute approximate surface area is 179 Å². The van der Waals surface area contributed by atoms with Crippen LogP contribution < -0.4 is 20.3 Å². The van der Waals surface area contributed by atoms with Crippen molar-refractivity contribution in [1.82, 2.24) is 15.5 Å². The summed E-state index contributed by atoms with van der Waals surface area (Å²) in [6.07, 6.45) is 1.04. The van der Waals surface area contributed by atoms with Crippen LogP contribution in [0, 0.1) is 0 Å². The maximum atomic E-state index is 6.21. The quantitative estimate of drug-likeness (QED) is 0.518. The van der Waals surface area contributed by atoms with Crippen LogP contribution in [-0.2, 0) is 4.74 Å². The van der Waals surface area contributed by atoms with Gasteiger partial charge in [0.05, 0.1) is 32.6 Å². The van der Waals surface area contributed by atoms with E-state index in [0.717, 1.165) is 81.3 Å². The molecule has 0 bridgehead atoms. The summed E-state index contributed by atoms with van der Waals surface area (Å²) in [5.74, 6) is 1.74. The molecule has 7 nitrogen and oxygen atoms in total. The highest BCUT2D eigenvalue weighted by Crippen LogP contribution is 2.33. The van der Waals surface area contributed by atoms with Crippen molar-refractivity contribution in [1.29, 1.82) is 0 Å². The van der Waals surface area contributed by atoms with Crippen LogP contribution in [0.25, 0.3) is 0 Å². The van der Waals surface area contributed by atoms with Crippen molar-refractivity contribution in [3.63, 3.8) is 0 Å². The number of rotatable bonds is 7. The van der Waals surface area contributed by atoms with Crippen molar-refractivity contribution in [2.24, 2.45) is 4.99 Å². The number of aliphatic imine (C=N–C) groups is 1. The van der Waals surface area contributed by atoms with Gasteiger partial charge in [0.15, 0.2) is 5.96 Å². The summed E-state index contributed by atoms with van der Waals surface area (Å²) in [5, 5.41) is 7.72. The van der Waals surface area contributed by atoms with Gasteiger partial charge in [0.1, 0.15) is 5.75 Å². The second kappa shape index (κ2) is 10.9. The van der Waals surface area contributed by atoms with Crippen LogP contribution in [0.3, 0.4) is 0 Å². The van der Waals surface area contributed by atoms with E-state index in [1.165, 1.54) is 0 Å². The molecule has 0 radical (unpaired) electrons. The van der Waals surface area contributed by atoms with E-state index < -0.39 is 0 Å². The predicted octanol–water partition coefficient (Wildman–Crippen LogP) is 2.20. The summed E-state index contributed by atoms with van der Waals surface area (Å²) < 4.78 is 11.0. The third-order valence-corrected chi connectivity index (χ3v) is 5.77. The lowest BCUT2D eigenvalue weighted by Gasteiger charge is -2.31. The highest BCUT2D eigenvalue weighted by molar-refractivity contribution is 6.30. The summed E-state index contributed by atoms with van der Waals surface area (Å²) in [6.45, 7) is 11.4. The van der Waals surface area contributed by atoms with E-state index in [1.54, 1.807) is 7.11 Å². The standard InChI is InChI=1S/C21H34ClN5O2/c1-4-23-21(24-14-16(2)26-9-11-29-12-10-26)25-18-7-8-27(15-18)19-13-17(22)5-6-20(19)28-3/h5-6,13,16,18H,4,7-12,14-15H2,1-3H3,(H2,23,24,25). The molecule has 2 aliphatic heterocycles. The predicted molar refractivity (Wildman–Crippen MR) is 120 cm³/mol. The maximum Gasteiger partial charge on any atom is 0.191 e. The number of morpholine rings is 1. The zero-order valence-electron chi connectivity index (χ0n) is 17.8. The normalized spacial score (nSPS) is 21.9. The Balaban J connectivity index is 1.57. The lowest BCUT2D eigenvalue weighted by atomic mass is 10.2. The van der Waals surface area contributed by atoms with Crippen LogP contribution >= 0.6 is 11.6 Å². The van der Waals surface area contributed by atoms with Gasteiger partial charge in [-0.3, -0.25) is 9.89 Å². The zero-order valence-corrected chi connectivity index (χ0v) is 18.5. The number of methoxy groups -OCH3 is 1. The fourth-order valence-electron chi connectivity index (χ4n) is 3.88. The Kier molecular flexibility index (Phi) is 8.27. The van der Waals surface area contributed by atoms with Crippen LogP contribution in [0.4, 0.5) is 5.69 Å². The van der Waals surface area contributed by atoms with Gasteiger partial charge in [0, 0.05) is 49.8 Å². The first-order valence-corrected chi connectivity index (χ1v) is 10.9. The van der Waals surface area contributed by atoms with Crippen LogP contribution in [0.1, 0.15) is 20.3 Å². The van der Waals surface area contributed by atoms with Crippen molar-refractivity contribution in [2.75, 3.05) is 64.5 Å². The first-order valence-electron chi connectivity index (χ1n) is 10.6. The number of nitrogens with zero attached hydrogens (tertiary/aromatic N) is 3. The molecule has 1 aromatic rings. The van der Waals surface area contributed by atoms with Gasteiger partial charge in [-0.25, -0.2) is 0 Å². The Morgan fingerprint density at radius 1 is 1.34 bits per heavy atom.